The van der Waals surface area contributed by atoms with Gasteiger partial charge in [0.05, 0.1) is 0 Å². The van der Waals surface area contributed by atoms with Gasteiger partial charge in [0.1, 0.15) is 0 Å². The summed E-state index contributed by atoms with van der Waals surface area (Å²) in [6, 6.07) is 0.549. The predicted molar refractivity (Wildman–Crippen MR) is 55.7 cm³/mol. The number of hydrogen-bond donors (Lipinski definition) is 1. The first-order chi connectivity index (χ1) is 5.09. The maximum Gasteiger partial charge on any atom is 0.0250 e. The van der Waals surface area contributed by atoms with Crippen LogP contribution in [0, 0.1) is 5.92 Å². The summed E-state index contributed by atoms with van der Waals surface area (Å²) in [5, 5.41) is 3.11. The smallest absolute Gasteiger partial charge is 0.0250 e. The Morgan fingerprint density at radius 2 is 1.73 bits per heavy atom. The zero-order valence-electron chi connectivity index (χ0n) is 8.65. The minimum Gasteiger partial charge on any atom is -0.389 e. The van der Waals surface area contributed by atoms with Gasteiger partial charge in [-0.2, -0.15) is 0 Å². The second-order valence-corrected chi connectivity index (χ2v) is 3.11. The highest BCUT2D eigenvalue weighted by Gasteiger charge is 2.01. The topological polar surface area (TPSA) is 12.0 Å². The minimum absolute atomic E-state index is 0. The van der Waals surface area contributed by atoms with Crippen LogP contribution in [0.4, 0.5) is 0 Å². The summed E-state index contributed by atoms with van der Waals surface area (Å²) in [6.07, 6.45) is 2.99. The van der Waals surface area contributed by atoms with E-state index in [4.69, 9.17) is 0 Å². The molecule has 0 fully saturated rings. The first-order valence-electron chi connectivity index (χ1n) is 4.47. The monoisotopic (exact) mass is 159 g/mol. The Morgan fingerprint density at radius 3 is 1.82 bits per heavy atom. The second-order valence-electron chi connectivity index (χ2n) is 3.11. The lowest BCUT2D eigenvalue weighted by atomic mass is 10.1. The van der Waals surface area contributed by atoms with E-state index in [2.05, 4.69) is 46.5 Å². The molecule has 0 saturated heterocycles. The molecule has 0 aliphatic carbocycles. The molecule has 0 aromatic heterocycles. The average Bonchev–Trinajstić information content (AvgIpc) is 1.90. The van der Waals surface area contributed by atoms with Gasteiger partial charge in [0.15, 0.2) is 0 Å². The van der Waals surface area contributed by atoms with Gasteiger partial charge in [-0.1, -0.05) is 40.7 Å². The first kappa shape index (κ1) is 13.2. The lowest BCUT2D eigenvalue weighted by Gasteiger charge is -2.14. The highest BCUT2D eigenvalue weighted by atomic mass is 14.9. The fraction of sp³-hybridized carbons (Fsp3) is 0.800. The summed E-state index contributed by atoms with van der Waals surface area (Å²) in [7, 11) is 0. The van der Waals surface area contributed by atoms with E-state index >= 15 is 0 Å². The highest BCUT2D eigenvalue weighted by Crippen LogP contribution is 1.98. The molecule has 11 heavy (non-hydrogen) atoms. The van der Waals surface area contributed by atoms with Gasteiger partial charge in [0.2, 0.25) is 0 Å². The fourth-order valence-corrected chi connectivity index (χ4v) is 0.378. The molecule has 0 bridgehead atoms. The van der Waals surface area contributed by atoms with Gasteiger partial charge < -0.3 is 5.32 Å². The summed E-state index contributed by atoms with van der Waals surface area (Å²) in [5.41, 5.74) is 0. The molecule has 0 saturated carbocycles. The molecule has 0 heterocycles. The molecule has 0 aliphatic rings. The van der Waals surface area contributed by atoms with Crippen molar-refractivity contribution >= 4 is 0 Å². The van der Waals surface area contributed by atoms with Crippen LogP contribution in [0.5, 0.6) is 0 Å². The molecule has 1 unspecified atom stereocenters. The summed E-state index contributed by atoms with van der Waals surface area (Å²) in [5.74, 6) is 0.688. The molecule has 0 aliphatic heterocycles. The number of nitrogens with one attached hydrogen (secondary N) is 1. The van der Waals surface area contributed by atoms with Crippen LogP contribution in [0.3, 0.4) is 0 Å². The summed E-state index contributed by atoms with van der Waals surface area (Å²) < 4.78 is 0. The lowest BCUT2D eigenvalue weighted by molar-refractivity contribution is 0.474. The third-order valence-electron chi connectivity index (χ3n) is 1.38. The van der Waals surface area contributed by atoms with Crippen molar-refractivity contribution in [1.29, 1.82) is 0 Å². The van der Waals surface area contributed by atoms with E-state index in [0.717, 1.165) is 0 Å². The summed E-state index contributed by atoms with van der Waals surface area (Å²) in [6.45, 7) is 14.3. The van der Waals surface area contributed by atoms with Crippen molar-refractivity contribution in [1.82, 2.24) is 5.32 Å². The van der Waals surface area contributed by atoms with Crippen LogP contribution < -0.4 is 5.32 Å². The SMILES string of the molecule is C=CNC(C)C(C)C.CCC.[HH]. The molecule has 70 valence electrons. The minimum atomic E-state index is 0. The third kappa shape index (κ3) is 12.7. The normalized spacial score (nSPS) is 11.5. The molecule has 1 atom stereocenters. The van der Waals surface area contributed by atoms with Crippen LogP contribution in [-0.2, 0) is 0 Å². The average molecular weight is 159 g/mol. The zero-order chi connectivity index (χ0) is 9.28. The van der Waals surface area contributed by atoms with Gasteiger partial charge in [-0.05, 0) is 19.0 Å². The van der Waals surface area contributed by atoms with Gasteiger partial charge in [-0.25, -0.2) is 0 Å². The molecule has 1 nitrogen and oxygen atoms in total. The molecule has 1 N–H and O–H groups in total. The van der Waals surface area contributed by atoms with Gasteiger partial charge in [0.25, 0.3) is 0 Å². The van der Waals surface area contributed by atoms with Crippen molar-refractivity contribution in [2.45, 2.75) is 47.1 Å². The Hall–Kier alpha value is -0.460. The van der Waals surface area contributed by atoms with E-state index < -0.39 is 0 Å². The lowest BCUT2D eigenvalue weighted by Crippen LogP contribution is -2.25. The molecule has 0 spiro atoms. The van der Waals surface area contributed by atoms with E-state index in [9.17, 15) is 0 Å². The molecular formula is C10H25N. The Labute approximate surface area is 73.4 Å². The molecule has 0 aromatic rings. The zero-order valence-corrected chi connectivity index (χ0v) is 8.65. The quantitative estimate of drug-likeness (QED) is 0.665. The van der Waals surface area contributed by atoms with Crippen molar-refractivity contribution < 1.29 is 1.43 Å². The van der Waals surface area contributed by atoms with Gasteiger partial charge >= 0.3 is 0 Å². The van der Waals surface area contributed by atoms with Crippen molar-refractivity contribution in [3.05, 3.63) is 12.8 Å². The summed E-state index contributed by atoms with van der Waals surface area (Å²) in [4.78, 5) is 0. The number of hydrogen-bond acceptors (Lipinski definition) is 1. The maximum atomic E-state index is 3.57. The fourth-order valence-electron chi connectivity index (χ4n) is 0.378. The molecule has 1 heteroatoms. The van der Waals surface area contributed by atoms with Crippen LogP contribution in [0.2, 0.25) is 0 Å². The molecule has 0 amide bonds. The van der Waals surface area contributed by atoms with Crippen molar-refractivity contribution in [3.8, 4) is 0 Å². The van der Waals surface area contributed by atoms with Crippen molar-refractivity contribution in [2.75, 3.05) is 0 Å². The molecule has 0 aromatic carbocycles. The van der Waals surface area contributed by atoms with Crippen LogP contribution in [-0.4, -0.2) is 6.04 Å². The molecular weight excluding hydrogens is 134 g/mol. The Balaban J connectivity index is -0.000000177. The predicted octanol–water partition coefficient (Wildman–Crippen LogP) is 3.43. The number of rotatable bonds is 3. The van der Waals surface area contributed by atoms with Crippen molar-refractivity contribution in [2.24, 2.45) is 5.92 Å². The van der Waals surface area contributed by atoms with Crippen LogP contribution in [0.15, 0.2) is 12.8 Å². The van der Waals surface area contributed by atoms with E-state index in [1.807, 2.05) is 0 Å². The maximum absolute atomic E-state index is 3.57. The Morgan fingerprint density at radius 1 is 1.36 bits per heavy atom. The third-order valence-corrected chi connectivity index (χ3v) is 1.38. The van der Waals surface area contributed by atoms with E-state index in [1.165, 1.54) is 6.42 Å². The Bertz CT molecular complexity index is 81.9. The van der Waals surface area contributed by atoms with E-state index in [0.29, 0.717) is 12.0 Å². The standard InChI is InChI=1S/C7H15N.C3H8.H2/c1-5-8-7(4)6(2)3;1-3-2;/h5-8H,1H2,2-4H3;3H2,1-2H3;1H. The highest BCUT2D eigenvalue weighted by molar-refractivity contribution is 4.71. The van der Waals surface area contributed by atoms with Gasteiger partial charge in [0, 0.05) is 7.47 Å². The largest absolute Gasteiger partial charge is 0.389 e. The summed E-state index contributed by atoms with van der Waals surface area (Å²) >= 11 is 0. The first-order valence-corrected chi connectivity index (χ1v) is 4.47. The van der Waals surface area contributed by atoms with E-state index in [1.54, 1.807) is 6.20 Å². The van der Waals surface area contributed by atoms with E-state index in [-0.39, 0.29) is 1.43 Å². The van der Waals surface area contributed by atoms with Crippen LogP contribution in [0.25, 0.3) is 0 Å². The van der Waals surface area contributed by atoms with Gasteiger partial charge in [-0.15, -0.1) is 0 Å². The van der Waals surface area contributed by atoms with Crippen LogP contribution >= 0.6 is 0 Å². The second kappa shape index (κ2) is 9.54. The van der Waals surface area contributed by atoms with Crippen molar-refractivity contribution in [3.63, 3.8) is 0 Å². The molecule has 0 radical (unpaired) electrons. The van der Waals surface area contributed by atoms with Crippen LogP contribution in [0.1, 0.15) is 42.5 Å². The Kier molecular flexibility index (Phi) is 11.4. The molecule has 0 rings (SSSR count). The van der Waals surface area contributed by atoms with Gasteiger partial charge in [-0.3, -0.25) is 0 Å².